The molecule has 2 rings (SSSR count). The number of rotatable bonds is 5. The van der Waals surface area contributed by atoms with Crippen molar-refractivity contribution in [3.8, 4) is 0 Å². The van der Waals surface area contributed by atoms with Crippen molar-refractivity contribution in [2.45, 2.75) is 31.3 Å². The minimum Gasteiger partial charge on any atom is -0.394 e. The van der Waals surface area contributed by atoms with Gasteiger partial charge in [0.1, 0.15) is 5.82 Å². The van der Waals surface area contributed by atoms with Crippen LogP contribution in [0, 0.1) is 21.7 Å². The molecule has 1 aromatic rings. The first-order valence-corrected chi connectivity index (χ1v) is 5.96. The summed E-state index contributed by atoms with van der Waals surface area (Å²) in [6.07, 6.45) is 2.52. The summed E-state index contributed by atoms with van der Waals surface area (Å²) in [5.74, 6) is -2.02. The molecular formula is C12H14F2N2O3. The van der Waals surface area contributed by atoms with Gasteiger partial charge in [-0.25, -0.2) is 4.39 Å². The van der Waals surface area contributed by atoms with E-state index in [2.05, 4.69) is 5.32 Å². The van der Waals surface area contributed by atoms with E-state index in [1.807, 2.05) is 0 Å². The van der Waals surface area contributed by atoms with E-state index in [9.17, 15) is 24.0 Å². The van der Waals surface area contributed by atoms with E-state index in [0.29, 0.717) is 6.07 Å². The molecule has 1 saturated carbocycles. The molecular weight excluding hydrogens is 258 g/mol. The molecule has 0 unspecified atom stereocenters. The Bertz CT molecular complexity index is 498. The van der Waals surface area contributed by atoms with Gasteiger partial charge < -0.3 is 10.4 Å². The van der Waals surface area contributed by atoms with Crippen LogP contribution in [-0.4, -0.2) is 22.2 Å². The van der Waals surface area contributed by atoms with Crippen LogP contribution in [0.2, 0.25) is 0 Å². The number of aliphatic hydroxyl groups excluding tert-OH is 1. The number of aliphatic hydroxyl groups is 1. The van der Waals surface area contributed by atoms with Crippen molar-refractivity contribution >= 4 is 5.69 Å². The molecule has 104 valence electrons. The van der Waals surface area contributed by atoms with E-state index in [-0.39, 0.29) is 18.7 Å². The van der Waals surface area contributed by atoms with Gasteiger partial charge in [0.05, 0.1) is 11.5 Å². The Morgan fingerprint density at radius 2 is 2.05 bits per heavy atom. The van der Waals surface area contributed by atoms with E-state index in [1.54, 1.807) is 0 Å². The topological polar surface area (TPSA) is 75.4 Å². The van der Waals surface area contributed by atoms with Gasteiger partial charge in [-0.1, -0.05) is 0 Å². The predicted octanol–water partition coefficient (Wildman–Crippen LogP) is 1.88. The summed E-state index contributed by atoms with van der Waals surface area (Å²) >= 11 is 0. The van der Waals surface area contributed by atoms with Gasteiger partial charge in [-0.3, -0.25) is 10.1 Å². The fourth-order valence-electron chi connectivity index (χ4n) is 2.13. The van der Waals surface area contributed by atoms with Crippen LogP contribution in [0.3, 0.4) is 0 Å². The third-order valence-corrected chi connectivity index (χ3v) is 3.58. The summed E-state index contributed by atoms with van der Waals surface area (Å²) in [6.45, 7) is -0.0502. The molecule has 0 saturated heterocycles. The Hall–Kier alpha value is -1.60. The standard InChI is InChI=1S/C12H14F2N2O3/c13-9-5-10(14)11(16(18)19)4-8(9)6-15-12(7-17)2-1-3-12/h4-5,15,17H,1-3,6-7H2. The van der Waals surface area contributed by atoms with Crippen LogP contribution < -0.4 is 5.32 Å². The minimum absolute atomic E-state index is 0.0211. The van der Waals surface area contributed by atoms with Crippen molar-refractivity contribution < 1.29 is 18.8 Å². The molecule has 2 N–H and O–H groups in total. The Morgan fingerprint density at radius 1 is 1.37 bits per heavy atom. The summed E-state index contributed by atoms with van der Waals surface area (Å²) in [4.78, 5) is 9.71. The minimum atomic E-state index is -1.19. The van der Waals surface area contributed by atoms with E-state index in [0.717, 1.165) is 25.3 Å². The fourth-order valence-corrected chi connectivity index (χ4v) is 2.13. The van der Waals surface area contributed by atoms with Crippen LogP contribution in [0.4, 0.5) is 14.5 Å². The van der Waals surface area contributed by atoms with Gasteiger partial charge >= 0.3 is 5.69 Å². The van der Waals surface area contributed by atoms with Gasteiger partial charge in [-0.2, -0.15) is 4.39 Å². The van der Waals surface area contributed by atoms with Crippen molar-refractivity contribution in [1.29, 1.82) is 0 Å². The lowest BCUT2D eigenvalue weighted by molar-refractivity contribution is -0.387. The van der Waals surface area contributed by atoms with Gasteiger partial charge in [0.25, 0.3) is 0 Å². The van der Waals surface area contributed by atoms with Gasteiger partial charge in [-0.05, 0) is 19.3 Å². The number of halogens is 2. The predicted molar refractivity (Wildman–Crippen MR) is 63.5 cm³/mol. The Balaban J connectivity index is 2.16. The molecule has 1 aromatic carbocycles. The largest absolute Gasteiger partial charge is 0.394 e. The molecule has 0 aliphatic heterocycles. The van der Waals surface area contributed by atoms with Crippen molar-refractivity contribution in [2.24, 2.45) is 0 Å². The maximum Gasteiger partial charge on any atom is 0.305 e. The van der Waals surface area contributed by atoms with Crippen molar-refractivity contribution in [1.82, 2.24) is 5.32 Å². The van der Waals surface area contributed by atoms with Crippen LogP contribution in [0.15, 0.2) is 12.1 Å². The maximum absolute atomic E-state index is 13.5. The molecule has 7 heteroatoms. The van der Waals surface area contributed by atoms with Crippen molar-refractivity contribution in [2.75, 3.05) is 6.61 Å². The highest BCUT2D eigenvalue weighted by Gasteiger charge is 2.35. The summed E-state index contributed by atoms with van der Waals surface area (Å²) in [6, 6.07) is 1.41. The zero-order valence-corrected chi connectivity index (χ0v) is 10.2. The smallest absolute Gasteiger partial charge is 0.305 e. The molecule has 1 fully saturated rings. The quantitative estimate of drug-likeness (QED) is 0.634. The lowest BCUT2D eigenvalue weighted by Crippen LogP contribution is -2.53. The zero-order chi connectivity index (χ0) is 14.0. The van der Waals surface area contributed by atoms with Gasteiger partial charge in [0.2, 0.25) is 5.82 Å². The van der Waals surface area contributed by atoms with E-state index in [4.69, 9.17) is 0 Å². The molecule has 0 bridgehead atoms. The second kappa shape index (κ2) is 5.18. The number of benzene rings is 1. The lowest BCUT2D eigenvalue weighted by atomic mass is 9.77. The summed E-state index contributed by atoms with van der Waals surface area (Å²) < 4.78 is 26.7. The van der Waals surface area contributed by atoms with Crippen LogP contribution in [0.1, 0.15) is 24.8 Å². The van der Waals surface area contributed by atoms with E-state index < -0.39 is 27.8 Å². The van der Waals surface area contributed by atoms with E-state index >= 15 is 0 Å². The van der Waals surface area contributed by atoms with Crippen molar-refractivity contribution in [3.05, 3.63) is 39.4 Å². The fraction of sp³-hybridized carbons (Fsp3) is 0.500. The normalized spacial score (nSPS) is 17.0. The number of nitrogens with one attached hydrogen (secondary N) is 1. The number of hydrogen-bond acceptors (Lipinski definition) is 4. The van der Waals surface area contributed by atoms with Gasteiger partial charge in [0.15, 0.2) is 0 Å². The third kappa shape index (κ3) is 2.71. The monoisotopic (exact) mass is 272 g/mol. The Morgan fingerprint density at radius 3 is 2.53 bits per heavy atom. The van der Waals surface area contributed by atoms with Gasteiger partial charge in [0, 0.05) is 29.8 Å². The second-order valence-electron chi connectivity index (χ2n) is 4.80. The molecule has 0 radical (unpaired) electrons. The van der Waals surface area contributed by atoms with Crippen LogP contribution in [-0.2, 0) is 6.54 Å². The average Bonchev–Trinajstić information content (AvgIpc) is 2.30. The Kier molecular flexibility index (Phi) is 3.77. The number of nitro groups is 1. The summed E-state index contributed by atoms with van der Waals surface area (Å²) in [5, 5.41) is 22.8. The molecule has 0 spiro atoms. The first-order chi connectivity index (χ1) is 8.97. The molecule has 0 heterocycles. The summed E-state index contributed by atoms with van der Waals surface area (Å²) in [5.41, 5.74) is -1.16. The highest BCUT2D eigenvalue weighted by molar-refractivity contribution is 5.37. The number of nitrogens with zero attached hydrogens (tertiary/aromatic N) is 1. The molecule has 5 nitrogen and oxygen atoms in total. The molecule has 0 amide bonds. The Labute approximate surface area is 108 Å². The number of nitro benzene ring substituents is 1. The molecule has 19 heavy (non-hydrogen) atoms. The highest BCUT2D eigenvalue weighted by Crippen LogP contribution is 2.32. The van der Waals surface area contributed by atoms with Crippen LogP contribution >= 0.6 is 0 Å². The third-order valence-electron chi connectivity index (χ3n) is 3.58. The van der Waals surface area contributed by atoms with Gasteiger partial charge in [-0.15, -0.1) is 0 Å². The maximum atomic E-state index is 13.5. The first kappa shape index (κ1) is 13.8. The highest BCUT2D eigenvalue weighted by atomic mass is 19.1. The SMILES string of the molecule is O=[N+]([O-])c1cc(CNC2(CO)CCC2)c(F)cc1F. The first-order valence-electron chi connectivity index (χ1n) is 5.96. The van der Waals surface area contributed by atoms with Crippen LogP contribution in [0.25, 0.3) is 0 Å². The zero-order valence-electron chi connectivity index (χ0n) is 10.2. The molecule has 0 atom stereocenters. The number of hydrogen-bond donors (Lipinski definition) is 2. The average molecular weight is 272 g/mol. The molecule has 1 aliphatic rings. The summed E-state index contributed by atoms with van der Waals surface area (Å²) in [7, 11) is 0. The molecule has 0 aromatic heterocycles. The lowest BCUT2D eigenvalue weighted by Gasteiger charge is -2.41. The molecule has 1 aliphatic carbocycles. The van der Waals surface area contributed by atoms with E-state index in [1.165, 1.54) is 0 Å². The van der Waals surface area contributed by atoms with Crippen LogP contribution in [0.5, 0.6) is 0 Å². The second-order valence-corrected chi connectivity index (χ2v) is 4.80. The van der Waals surface area contributed by atoms with Crippen molar-refractivity contribution in [3.63, 3.8) is 0 Å².